The second-order valence-corrected chi connectivity index (χ2v) is 5.25. The molecule has 0 aromatic heterocycles. The first-order valence-corrected chi connectivity index (χ1v) is 6.78. The highest BCUT2D eigenvalue weighted by Gasteiger charge is 2.17. The first-order chi connectivity index (χ1) is 9.15. The van der Waals surface area contributed by atoms with Gasteiger partial charge in [0, 0.05) is 19.9 Å². The van der Waals surface area contributed by atoms with Gasteiger partial charge in [-0.05, 0) is 35.6 Å². The molecule has 0 atom stereocenters. The van der Waals surface area contributed by atoms with Gasteiger partial charge < -0.3 is 14.4 Å². The van der Waals surface area contributed by atoms with Gasteiger partial charge in [0.2, 0.25) is 0 Å². The molecular weight excluding hydrogens is 238 g/mol. The van der Waals surface area contributed by atoms with Crippen molar-refractivity contribution in [3.05, 3.63) is 35.5 Å². The van der Waals surface area contributed by atoms with Gasteiger partial charge in [0.15, 0.2) is 0 Å². The monoisotopic (exact) mass is 261 g/mol. The first kappa shape index (κ1) is 13.9. The Morgan fingerprint density at radius 3 is 2.68 bits per heavy atom. The van der Waals surface area contributed by atoms with Gasteiger partial charge in [-0.15, -0.1) is 0 Å². The van der Waals surface area contributed by atoms with Gasteiger partial charge in [0.1, 0.15) is 5.75 Å². The van der Waals surface area contributed by atoms with Gasteiger partial charge in [0.05, 0.1) is 19.4 Å². The van der Waals surface area contributed by atoms with Crippen molar-refractivity contribution in [2.75, 3.05) is 32.3 Å². The smallest absolute Gasteiger partial charge is 0.142 e. The second kappa shape index (κ2) is 6.11. The van der Waals surface area contributed by atoms with Crippen molar-refractivity contribution in [2.45, 2.75) is 26.2 Å². The summed E-state index contributed by atoms with van der Waals surface area (Å²) in [6.07, 6.45) is 3.24. The molecule has 1 aromatic carbocycles. The third-order valence-corrected chi connectivity index (χ3v) is 3.52. The molecule has 104 valence electrons. The fourth-order valence-electron chi connectivity index (χ4n) is 2.39. The van der Waals surface area contributed by atoms with Gasteiger partial charge in [-0.1, -0.05) is 19.9 Å². The third-order valence-electron chi connectivity index (χ3n) is 3.52. The maximum atomic E-state index is 5.54. The Balaban J connectivity index is 2.25. The van der Waals surface area contributed by atoms with Crippen LogP contribution in [0.15, 0.2) is 30.0 Å². The van der Waals surface area contributed by atoms with Gasteiger partial charge >= 0.3 is 0 Å². The fraction of sp³-hybridized carbons (Fsp3) is 0.500. The number of hydrogen-bond acceptors (Lipinski definition) is 3. The molecule has 0 fully saturated rings. The molecule has 19 heavy (non-hydrogen) atoms. The molecule has 0 N–H and O–H groups in total. The van der Waals surface area contributed by atoms with Crippen LogP contribution in [0.5, 0.6) is 5.75 Å². The lowest BCUT2D eigenvalue weighted by Gasteiger charge is -2.20. The maximum absolute atomic E-state index is 5.54. The summed E-state index contributed by atoms with van der Waals surface area (Å²) in [7, 11) is 3.47. The van der Waals surface area contributed by atoms with Crippen molar-refractivity contribution < 1.29 is 9.47 Å². The number of nitrogens with zero attached hydrogens (tertiary/aromatic N) is 1. The number of ether oxygens (including phenoxy) is 2. The van der Waals surface area contributed by atoms with Crippen LogP contribution < -0.4 is 9.64 Å². The lowest BCUT2D eigenvalue weighted by molar-refractivity contribution is 0.224. The predicted molar refractivity (Wildman–Crippen MR) is 79.0 cm³/mol. The van der Waals surface area contributed by atoms with Crippen molar-refractivity contribution in [3.8, 4) is 5.75 Å². The molecule has 2 rings (SSSR count). The van der Waals surface area contributed by atoms with Crippen molar-refractivity contribution in [3.63, 3.8) is 0 Å². The van der Waals surface area contributed by atoms with Gasteiger partial charge in [-0.2, -0.15) is 0 Å². The van der Waals surface area contributed by atoms with Gasteiger partial charge in [-0.25, -0.2) is 0 Å². The fourth-order valence-corrected chi connectivity index (χ4v) is 2.39. The van der Waals surface area contributed by atoms with E-state index in [2.05, 4.69) is 43.1 Å². The number of methoxy groups -OCH3 is 2. The van der Waals surface area contributed by atoms with Crippen LogP contribution in [0.3, 0.4) is 0 Å². The van der Waals surface area contributed by atoms with E-state index in [1.165, 1.54) is 11.1 Å². The SMILES string of the molecule is COCC1=CN(c2ccc(C(C)C)cc2OC)CC1. The van der Waals surface area contributed by atoms with Crippen LogP contribution in [0.1, 0.15) is 31.7 Å². The summed E-state index contributed by atoms with van der Waals surface area (Å²) in [5.41, 5.74) is 3.77. The van der Waals surface area contributed by atoms with E-state index in [0.29, 0.717) is 12.5 Å². The molecule has 0 unspecified atom stereocenters. The van der Waals surface area contributed by atoms with Crippen LogP contribution in [0, 0.1) is 0 Å². The molecule has 1 heterocycles. The van der Waals surface area contributed by atoms with E-state index in [9.17, 15) is 0 Å². The topological polar surface area (TPSA) is 21.7 Å². The third kappa shape index (κ3) is 3.10. The van der Waals surface area contributed by atoms with Gasteiger partial charge in [-0.3, -0.25) is 0 Å². The molecule has 0 aliphatic carbocycles. The average molecular weight is 261 g/mol. The molecule has 1 aliphatic rings. The molecule has 0 amide bonds. The summed E-state index contributed by atoms with van der Waals surface area (Å²) in [4.78, 5) is 2.25. The zero-order chi connectivity index (χ0) is 13.8. The Labute approximate surface area is 115 Å². The minimum absolute atomic E-state index is 0.515. The Kier molecular flexibility index (Phi) is 4.48. The highest BCUT2D eigenvalue weighted by Crippen LogP contribution is 2.34. The van der Waals surface area contributed by atoms with Crippen molar-refractivity contribution in [2.24, 2.45) is 0 Å². The van der Waals surface area contributed by atoms with E-state index in [-0.39, 0.29) is 0 Å². The van der Waals surface area contributed by atoms with Crippen LogP contribution >= 0.6 is 0 Å². The number of benzene rings is 1. The summed E-state index contributed by atoms with van der Waals surface area (Å²) in [5.74, 6) is 1.46. The number of hydrogen-bond donors (Lipinski definition) is 0. The minimum atomic E-state index is 0.515. The molecule has 0 spiro atoms. The first-order valence-electron chi connectivity index (χ1n) is 6.78. The Hall–Kier alpha value is -1.48. The summed E-state index contributed by atoms with van der Waals surface area (Å²) in [6.45, 7) is 6.10. The van der Waals surface area contributed by atoms with Gasteiger partial charge in [0.25, 0.3) is 0 Å². The Bertz CT molecular complexity index is 466. The summed E-state index contributed by atoms with van der Waals surface area (Å²) < 4.78 is 10.7. The zero-order valence-corrected chi connectivity index (χ0v) is 12.3. The van der Waals surface area contributed by atoms with Crippen LogP contribution in [0.25, 0.3) is 0 Å². The van der Waals surface area contributed by atoms with Crippen LogP contribution in [-0.2, 0) is 4.74 Å². The van der Waals surface area contributed by atoms with E-state index >= 15 is 0 Å². The molecule has 0 radical (unpaired) electrons. The van der Waals surface area contributed by atoms with Crippen LogP contribution in [0.4, 0.5) is 5.69 Å². The average Bonchev–Trinajstić information content (AvgIpc) is 2.86. The van der Waals surface area contributed by atoms with Crippen molar-refractivity contribution in [1.29, 1.82) is 0 Å². The quantitative estimate of drug-likeness (QED) is 0.809. The second-order valence-electron chi connectivity index (χ2n) is 5.25. The largest absolute Gasteiger partial charge is 0.495 e. The molecule has 3 heteroatoms. The molecule has 0 bridgehead atoms. The highest BCUT2D eigenvalue weighted by molar-refractivity contribution is 5.63. The maximum Gasteiger partial charge on any atom is 0.142 e. The number of anilines is 1. The van der Waals surface area contributed by atoms with Crippen molar-refractivity contribution in [1.82, 2.24) is 0 Å². The molecule has 1 aliphatic heterocycles. The Morgan fingerprint density at radius 1 is 1.26 bits per heavy atom. The summed E-state index contributed by atoms with van der Waals surface area (Å²) in [6, 6.07) is 6.48. The van der Waals surface area contributed by atoms with E-state index < -0.39 is 0 Å². The summed E-state index contributed by atoms with van der Waals surface area (Å²) in [5, 5.41) is 0. The Morgan fingerprint density at radius 2 is 2.05 bits per heavy atom. The highest BCUT2D eigenvalue weighted by atomic mass is 16.5. The van der Waals surface area contributed by atoms with Crippen molar-refractivity contribution >= 4 is 5.69 Å². The predicted octanol–water partition coefficient (Wildman–Crippen LogP) is 3.56. The normalized spacial score (nSPS) is 15.0. The summed E-state index contributed by atoms with van der Waals surface area (Å²) >= 11 is 0. The van der Waals surface area contributed by atoms with Crippen LogP contribution in [0.2, 0.25) is 0 Å². The van der Waals surface area contributed by atoms with Crippen LogP contribution in [-0.4, -0.2) is 27.4 Å². The molecule has 0 saturated carbocycles. The zero-order valence-electron chi connectivity index (χ0n) is 12.3. The van der Waals surface area contributed by atoms with E-state index in [0.717, 1.165) is 24.4 Å². The van der Waals surface area contributed by atoms with E-state index in [4.69, 9.17) is 9.47 Å². The number of rotatable bonds is 5. The molecule has 0 saturated heterocycles. The van der Waals surface area contributed by atoms with E-state index in [1.54, 1.807) is 14.2 Å². The lowest BCUT2D eigenvalue weighted by Crippen LogP contribution is -2.13. The lowest BCUT2D eigenvalue weighted by atomic mass is 10.0. The van der Waals surface area contributed by atoms with E-state index in [1.807, 2.05) is 0 Å². The minimum Gasteiger partial charge on any atom is -0.495 e. The molecule has 1 aromatic rings. The standard InChI is InChI=1S/C16H23NO2/c1-12(2)14-5-6-15(16(9-14)19-4)17-8-7-13(10-17)11-18-3/h5-6,9-10,12H,7-8,11H2,1-4H3. The molecular formula is C16H23NO2. The molecule has 3 nitrogen and oxygen atoms in total.